The van der Waals surface area contributed by atoms with Gasteiger partial charge in [-0.1, -0.05) is 51.8 Å². The third kappa shape index (κ3) is 3.69. The molecule has 0 aromatic heterocycles. The fourth-order valence-electron chi connectivity index (χ4n) is 2.00. The Kier molecular flexibility index (Phi) is 3.97. The maximum atomic E-state index is 2.34. The first-order chi connectivity index (χ1) is 6.53. The van der Waals surface area contributed by atoms with Gasteiger partial charge in [0.1, 0.15) is 0 Å². The molecule has 0 saturated heterocycles. The minimum Gasteiger partial charge on any atom is -0.0802 e. The van der Waals surface area contributed by atoms with Gasteiger partial charge in [-0.2, -0.15) is 0 Å². The van der Waals surface area contributed by atoms with Crippen molar-refractivity contribution < 1.29 is 0 Å². The van der Waals surface area contributed by atoms with Crippen molar-refractivity contribution in [1.82, 2.24) is 0 Å². The molecule has 80 valence electrons. The van der Waals surface area contributed by atoms with Crippen LogP contribution in [0.4, 0.5) is 0 Å². The first-order valence-corrected chi connectivity index (χ1v) is 5.90. The molecule has 0 nitrogen and oxygen atoms in total. The average molecular weight is 192 g/mol. The van der Waals surface area contributed by atoms with Gasteiger partial charge in [0.05, 0.1) is 0 Å². The van der Waals surface area contributed by atoms with Gasteiger partial charge in [-0.15, -0.1) is 0 Å². The van der Waals surface area contributed by atoms with E-state index in [2.05, 4.69) is 39.8 Å². The maximum Gasteiger partial charge on any atom is -0.0130 e. The smallest absolute Gasteiger partial charge is 0.0130 e. The Morgan fingerprint density at radius 1 is 1.29 bits per heavy atom. The fraction of sp³-hybridized carbons (Fsp3) is 0.714. The highest BCUT2D eigenvalue weighted by Gasteiger charge is 2.16. The molecule has 14 heavy (non-hydrogen) atoms. The van der Waals surface area contributed by atoms with Crippen LogP contribution in [0.2, 0.25) is 0 Å². The van der Waals surface area contributed by atoms with Crippen LogP contribution < -0.4 is 0 Å². The van der Waals surface area contributed by atoms with Gasteiger partial charge < -0.3 is 0 Å². The predicted molar refractivity (Wildman–Crippen MR) is 64.4 cm³/mol. The summed E-state index contributed by atoms with van der Waals surface area (Å²) in [6, 6.07) is 0. The second-order valence-corrected chi connectivity index (χ2v) is 5.58. The molecule has 0 radical (unpaired) electrons. The normalized spacial score (nSPS) is 16.9. The standard InChI is InChI=1S/C14H24/c1-5-6-8-12-9-7-10-13(12)11-14(2,3)4/h7,10H,5-6,8-9,11H2,1-4H3. The van der Waals surface area contributed by atoms with Crippen LogP contribution in [0.25, 0.3) is 0 Å². The SMILES string of the molecule is CCCCC1=C(CC(C)(C)C)C=CC1. The Balaban J connectivity index is 2.57. The highest BCUT2D eigenvalue weighted by atomic mass is 14.2. The highest BCUT2D eigenvalue weighted by Crippen LogP contribution is 2.33. The Bertz CT molecular complexity index is 235. The molecule has 1 aliphatic carbocycles. The Labute approximate surface area is 89.1 Å². The number of allylic oxidation sites excluding steroid dienone is 4. The first kappa shape index (κ1) is 11.6. The predicted octanol–water partition coefficient (Wildman–Crippen LogP) is 4.87. The summed E-state index contributed by atoms with van der Waals surface area (Å²) in [4.78, 5) is 0. The van der Waals surface area contributed by atoms with Gasteiger partial charge in [0.2, 0.25) is 0 Å². The van der Waals surface area contributed by atoms with Crippen molar-refractivity contribution in [2.24, 2.45) is 5.41 Å². The molecule has 0 atom stereocenters. The summed E-state index contributed by atoms with van der Waals surface area (Å²) in [6.07, 6.45) is 11.1. The zero-order valence-electron chi connectivity index (χ0n) is 10.2. The van der Waals surface area contributed by atoms with Gasteiger partial charge in [-0.25, -0.2) is 0 Å². The van der Waals surface area contributed by atoms with E-state index in [9.17, 15) is 0 Å². The number of rotatable bonds is 4. The van der Waals surface area contributed by atoms with E-state index in [0.29, 0.717) is 5.41 Å². The van der Waals surface area contributed by atoms with E-state index in [4.69, 9.17) is 0 Å². The second kappa shape index (κ2) is 4.82. The van der Waals surface area contributed by atoms with Gasteiger partial charge in [-0.3, -0.25) is 0 Å². The Morgan fingerprint density at radius 3 is 2.57 bits per heavy atom. The molecule has 0 saturated carbocycles. The third-order valence-electron chi connectivity index (χ3n) is 2.69. The lowest BCUT2D eigenvalue weighted by atomic mass is 9.86. The molecule has 1 rings (SSSR count). The molecule has 0 unspecified atom stereocenters. The summed E-state index contributed by atoms with van der Waals surface area (Å²) < 4.78 is 0. The molecule has 0 N–H and O–H groups in total. The lowest BCUT2D eigenvalue weighted by Gasteiger charge is -2.19. The van der Waals surface area contributed by atoms with Crippen LogP contribution in [0.15, 0.2) is 23.3 Å². The Hall–Kier alpha value is -0.520. The molecule has 0 fully saturated rings. The van der Waals surface area contributed by atoms with Crippen LogP contribution >= 0.6 is 0 Å². The lowest BCUT2D eigenvalue weighted by molar-refractivity contribution is 0.411. The summed E-state index contributed by atoms with van der Waals surface area (Å²) >= 11 is 0. The largest absolute Gasteiger partial charge is 0.0802 e. The molecule has 0 heterocycles. The van der Waals surface area contributed by atoms with Crippen LogP contribution in [-0.2, 0) is 0 Å². The molecule has 1 aliphatic rings. The molecule has 0 aliphatic heterocycles. The fourth-order valence-corrected chi connectivity index (χ4v) is 2.00. The molecule has 0 amide bonds. The van der Waals surface area contributed by atoms with Gasteiger partial charge >= 0.3 is 0 Å². The van der Waals surface area contributed by atoms with Crippen molar-refractivity contribution in [1.29, 1.82) is 0 Å². The van der Waals surface area contributed by atoms with Crippen LogP contribution in [0.1, 0.15) is 59.8 Å². The first-order valence-electron chi connectivity index (χ1n) is 5.90. The molecule has 0 heteroatoms. The van der Waals surface area contributed by atoms with Crippen molar-refractivity contribution in [2.45, 2.75) is 59.8 Å². The number of hydrogen-bond acceptors (Lipinski definition) is 0. The second-order valence-electron chi connectivity index (χ2n) is 5.58. The molecule has 0 bridgehead atoms. The number of hydrogen-bond donors (Lipinski definition) is 0. The minimum absolute atomic E-state index is 0.432. The van der Waals surface area contributed by atoms with Gasteiger partial charge in [0, 0.05) is 0 Å². The van der Waals surface area contributed by atoms with Crippen molar-refractivity contribution in [3.8, 4) is 0 Å². The molecular formula is C14H24. The van der Waals surface area contributed by atoms with Crippen LogP contribution in [0.5, 0.6) is 0 Å². The zero-order chi connectivity index (χ0) is 10.6. The van der Waals surface area contributed by atoms with Crippen molar-refractivity contribution >= 4 is 0 Å². The van der Waals surface area contributed by atoms with E-state index in [1.807, 2.05) is 0 Å². The maximum absolute atomic E-state index is 2.34. The van der Waals surface area contributed by atoms with E-state index < -0.39 is 0 Å². The Morgan fingerprint density at radius 2 is 2.00 bits per heavy atom. The van der Waals surface area contributed by atoms with Gasteiger partial charge in [-0.05, 0) is 36.7 Å². The quantitative estimate of drug-likeness (QED) is 0.596. The lowest BCUT2D eigenvalue weighted by Crippen LogP contribution is -2.06. The third-order valence-corrected chi connectivity index (χ3v) is 2.69. The molecule has 0 spiro atoms. The van der Waals surface area contributed by atoms with Crippen LogP contribution in [0.3, 0.4) is 0 Å². The van der Waals surface area contributed by atoms with Gasteiger partial charge in [0.15, 0.2) is 0 Å². The molecule has 0 aromatic carbocycles. The minimum atomic E-state index is 0.432. The average Bonchev–Trinajstić information content (AvgIpc) is 2.45. The highest BCUT2D eigenvalue weighted by molar-refractivity contribution is 5.34. The summed E-state index contributed by atoms with van der Waals surface area (Å²) in [5.41, 5.74) is 3.74. The van der Waals surface area contributed by atoms with Crippen LogP contribution in [-0.4, -0.2) is 0 Å². The van der Waals surface area contributed by atoms with E-state index in [1.165, 1.54) is 32.1 Å². The van der Waals surface area contributed by atoms with Gasteiger partial charge in [0.25, 0.3) is 0 Å². The summed E-state index contributed by atoms with van der Waals surface area (Å²) in [6.45, 7) is 9.24. The van der Waals surface area contributed by atoms with E-state index >= 15 is 0 Å². The van der Waals surface area contributed by atoms with E-state index in [1.54, 1.807) is 11.1 Å². The molecular weight excluding hydrogens is 168 g/mol. The molecule has 0 aromatic rings. The van der Waals surface area contributed by atoms with Crippen molar-refractivity contribution in [3.63, 3.8) is 0 Å². The van der Waals surface area contributed by atoms with E-state index in [0.717, 1.165) is 0 Å². The monoisotopic (exact) mass is 192 g/mol. The summed E-state index contributed by atoms with van der Waals surface area (Å²) in [7, 11) is 0. The van der Waals surface area contributed by atoms with Crippen LogP contribution in [0, 0.1) is 5.41 Å². The zero-order valence-corrected chi connectivity index (χ0v) is 10.2. The number of unbranched alkanes of at least 4 members (excludes halogenated alkanes) is 1. The summed E-state index contributed by atoms with van der Waals surface area (Å²) in [5.74, 6) is 0. The van der Waals surface area contributed by atoms with Crippen molar-refractivity contribution in [3.05, 3.63) is 23.3 Å². The van der Waals surface area contributed by atoms with E-state index in [-0.39, 0.29) is 0 Å². The summed E-state index contributed by atoms with van der Waals surface area (Å²) in [5, 5.41) is 0. The van der Waals surface area contributed by atoms with Crippen molar-refractivity contribution in [2.75, 3.05) is 0 Å². The topological polar surface area (TPSA) is 0 Å².